The van der Waals surface area contributed by atoms with E-state index in [0.717, 1.165) is 0 Å². The van der Waals surface area contributed by atoms with Gasteiger partial charge in [0.1, 0.15) is 5.75 Å². The maximum absolute atomic E-state index is 11.0. The summed E-state index contributed by atoms with van der Waals surface area (Å²) in [6, 6.07) is 5.00. The topological polar surface area (TPSA) is 46.5 Å². The molecule has 3 nitrogen and oxygen atoms in total. The van der Waals surface area contributed by atoms with Crippen molar-refractivity contribution in [1.29, 1.82) is 0 Å². The van der Waals surface area contributed by atoms with E-state index in [1.165, 1.54) is 7.11 Å². The fourth-order valence-corrected chi connectivity index (χ4v) is 1.69. The third kappa shape index (κ3) is 2.63. The molecule has 0 fully saturated rings. The lowest BCUT2D eigenvalue weighted by molar-refractivity contribution is -0.138. The van der Waals surface area contributed by atoms with Gasteiger partial charge in [0.15, 0.2) is 0 Å². The Hall–Kier alpha value is -1.22. The smallest absolute Gasteiger partial charge is 0.311 e. The summed E-state index contributed by atoms with van der Waals surface area (Å²) in [5.41, 5.74) is 0.625. The van der Waals surface area contributed by atoms with Crippen molar-refractivity contribution >= 4 is 17.6 Å². The summed E-state index contributed by atoms with van der Waals surface area (Å²) in [5, 5.41) is 9.56. The molecule has 1 unspecified atom stereocenters. The molecular formula is C11H13ClO3. The summed E-state index contributed by atoms with van der Waals surface area (Å²) in [6.45, 7) is 1.82. The van der Waals surface area contributed by atoms with E-state index >= 15 is 0 Å². The molecule has 4 heteroatoms. The second-order valence-electron chi connectivity index (χ2n) is 3.19. The third-order valence-electron chi connectivity index (χ3n) is 2.27. The summed E-state index contributed by atoms with van der Waals surface area (Å²) in [5.74, 6) is -0.870. The Labute approximate surface area is 93.6 Å². The standard InChI is InChI=1S/C11H13ClO3/c1-3-8(11(13)14)9-6-7(12)4-5-10(9)15-2/h4-6,8H,3H2,1-2H3,(H,13,14). The molecule has 15 heavy (non-hydrogen) atoms. The van der Waals surface area contributed by atoms with E-state index in [4.69, 9.17) is 21.4 Å². The van der Waals surface area contributed by atoms with Crippen molar-refractivity contribution in [2.45, 2.75) is 19.3 Å². The van der Waals surface area contributed by atoms with Gasteiger partial charge in [-0.2, -0.15) is 0 Å². The Morgan fingerprint density at radius 3 is 2.73 bits per heavy atom. The van der Waals surface area contributed by atoms with Crippen LogP contribution in [-0.2, 0) is 4.79 Å². The molecule has 1 atom stereocenters. The minimum absolute atomic E-state index is 0.506. The Kier molecular flexibility index (Phi) is 3.97. The molecule has 0 bridgehead atoms. The molecule has 0 aromatic heterocycles. The molecule has 0 saturated heterocycles. The first kappa shape index (κ1) is 11.9. The van der Waals surface area contributed by atoms with Gasteiger partial charge >= 0.3 is 5.97 Å². The molecule has 1 aromatic rings. The van der Waals surface area contributed by atoms with E-state index in [1.54, 1.807) is 18.2 Å². The van der Waals surface area contributed by atoms with Gasteiger partial charge in [0, 0.05) is 10.6 Å². The fraction of sp³-hybridized carbons (Fsp3) is 0.364. The number of benzene rings is 1. The first-order valence-corrected chi connectivity index (χ1v) is 5.04. The van der Waals surface area contributed by atoms with Crippen LogP contribution in [0, 0.1) is 0 Å². The Morgan fingerprint density at radius 2 is 2.27 bits per heavy atom. The van der Waals surface area contributed by atoms with Gasteiger partial charge in [0.2, 0.25) is 0 Å². The zero-order valence-corrected chi connectivity index (χ0v) is 9.41. The van der Waals surface area contributed by atoms with Gasteiger partial charge in [0.25, 0.3) is 0 Å². The SMILES string of the molecule is CCC(C(=O)O)c1cc(Cl)ccc1OC. The molecule has 0 saturated carbocycles. The largest absolute Gasteiger partial charge is 0.496 e. The number of aliphatic carboxylic acids is 1. The van der Waals surface area contributed by atoms with Crippen molar-refractivity contribution in [3.05, 3.63) is 28.8 Å². The van der Waals surface area contributed by atoms with Crippen LogP contribution in [-0.4, -0.2) is 18.2 Å². The average Bonchev–Trinajstić information content (AvgIpc) is 2.18. The molecule has 0 aliphatic carbocycles. The predicted octanol–water partition coefficient (Wildman–Crippen LogP) is 2.93. The van der Waals surface area contributed by atoms with Gasteiger partial charge in [-0.3, -0.25) is 4.79 Å². The maximum atomic E-state index is 11.0. The molecule has 0 heterocycles. The van der Waals surface area contributed by atoms with Gasteiger partial charge in [-0.1, -0.05) is 18.5 Å². The summed E-state index contributed by atoms with van der Waals surface area (Å²) >= 11 is 5.83. The highest BCUT2D eigenvalue weighted by Crippen LogP contribution is 2.31. The quantitative estimate of drug-likeness (QED) is 0.862. The molecular weight excluding hydrogens is 216 g/mol. The van der Waals surface area contributed by atoms with E-state index in [2.05, 4.69) is 0 Å². The zero-order valence-electron chi connectivity index (χ0n) is 8.66. The molecule has 0 aliphatic rings. The van der Waals surface area contributed by atoms with Crippen LogP contribution in [0.25, 0.3) is 0 Å². The number of carboxylic acids is 1. The van der Waals surface area contributed by atoms with Crippen molar-refractivity contribution in [3.8, 4) is 5.75 Å². The first-order chi connectivity index (χ1) is 7.10. The normalized spacial score (nSPS) is 12.2. The lowest BCUT2D eigenvalue weighted by Gasteiger charge is -2.14. The Morgan fingerprint density at radius 1 is 1.60 bits per heavy atom. The van der Waals surface area contributed by atoms with Crippen LogP contribution >= 0.6 is 11.6 Å². The summed E-state index contributed by atoms with van der Waals surface area (Å²) in [4.78, 5) is 11.0. The Bertz CT molecular complexity index is 363. The van der Waals surface area contributed by atoms with Crippen molar-refractivity contribution in [3.63, 3.8) is 0 Å². The molecule has 0 spiro atoms. The van der Waals surface area contributed by atoms with E-state index in [0.29, 0.717) is 22.8 Å². The summed E-state index contributed by atoms with van der Waals surface area (Å²) in [7, 11) is 1.52. The number of ether oxygens (including phenoxy) is 1. The molecule has 0 radical (unpaired) electrons. The lowest BCUT2D eigenvalue weighted by atomic mass is 9.96. The monoisotopic (exact) mass is 228 g/mol. The molecule has 1 rings (SSSR count). The first-order valence-electron chi connectivity index (χ1n) is 4.66. The maximum Gasteiger partial charge on any atom is 0.311 e. The van der Waals surface area contributed by atoms with Gasteiger partial charge in [0.05, 0.1) is 13.0 Å². The Balaban J connectivity index is 3.19. The van der Waals surface area contributed by atoms with E-state index in [9.17, 15) is 4.79 Å². The van der Waals surface area contributed by atoms with Crippen LogP contribution in [0.5, 0.6) is 5.75 Å². The highest BCUT2D eigenvalue weighted by molar-refractivity contribution is 6.30. The number of hydrogen-bond acceptors (Lipinski definition) is 2. The number of carboxylic acid groups (broad SMARTS) is 1. The van der Waals surface area contributed by atoms with E-state index < -0.39 is 11.9 Å². The van der Waals surface area contributed by atoms with Crippen LogP contribution in [0.2, 0.25) is 5.02 Å². The lowest BCUT2D eigenvalue weighted by Crippen LogP contribution is -2.11. The van der Waals surface area contributed by atoms with Gasteiger partial charge in [-0.05, 0) is 24.6 Å². The highest BCUT2D eigenvalue weighted by Gasteiger charge is 2.21. The van der Waals surface area contributed by atoms with Crippen LogP contribution in [0.15, 0.2) is 18.2 Å². The number of methoxy groups -OCH3 is 1. The second-order valence-corrected chi connectivity index (χ2v) is 3.62. The number of carbonyl (C=O) groups is 1. The summed E-state index contributed by atoms with van der Waals surface area (Å²) < 4.78 is 5.11. The van der Waals surface area contributed by atoms with Crippen LogP contribution in [0.3, 0.4) is 0 Å². The van der Waals surface area contributed by atoms with Crippen LogP contribution in [0.4, 0.5) is 0 Å². The van der Waals surface area contributed by atoms with Crippen molar-refractivity contribution < 1.29 is 14.6 Å². The summed E-state index contributed by atoms with van der Waals surface area (Å²) in [6.07, 6.45) is 0.506. The third-order valence-corrected chi connectivity index (χ3v) is 2.51. The van der Waals surface area contributed by atoms with Crippen molar-refractivity contribution in [2.24, 2.45) is 0 Å². The van der Waals surface area contributed by atoms with E-state index in [-0.39, 0.29) is 0 Å². The number of hydrogen-bond donors (Lipinski definition) is 1. The van der Waals surface area contributed by atoms with Crippen LogP contribution in [0.1, 0.15) is 24.8 Å². The highest BCUT2D eigenvalue weighted by atomic mass is 35.5. The van der Waals surface area contributed by atoms with Crippen molar-refractivity contribution in [2.75, 3.05) is 7.11 Å². The van der Waals surface area contributed by atoms with Gasteiger partial charge in [-0.25, -0.2) is 0 Å². The molecule has 82 valence electrons. The molecule has 0 aliphatic heterocycles. The van der Waals surface area contributed by atoms with E-state index in [1.807, 2.05) is 6.92 Å². The second kappa shape index (κ2) is 5.03. The van der Waals surface area contributed by atoms with Crippen molar-refractivity contribution in [1.82, 2.24) is 0 Å². The number of halogens is 1. The minimum Gasteiger partial charge on any atom is -0.496 e. The fourth-order valence-electron chi connectivity index (χ4n) is 1.51. The minimum atomic E-state index is -0.863. The van der Waals surface area contributed by atoms with Gasteiger partial charge < -0.3 is 9.84 Å². The number of rotatable bonds is 4. The van der Waals surface area contributed by atoms with Gasteiger partial charge in [-0.15, -0.1) is 0 Å². The molecule has 1 N–H and O–H groups in total. The zero-order chi connectivity index (χ0) is 11.4. The van der Waals surface area contributed by atoms with Crippen LogP contribution < -0.4 is 4.74 Å². The average molecular weight is 229 g/mol. The predicted molar refractivity (Wildman–Crippen MR) is 58.7 cm³/mol. The molecule has 1 aromatic carbocycles. The molecule has 0 amide bonds.